The van der Waals surface area contributed by atoms with Crippen molar-refractivity contribution in [2.24, 2.45) is 0 Å². The molecule has 0 saturated heterocycles. The normalized spacial score (nSPS) is 13.1. The maximum atomic E-state index is 9.63. The third-order valence-electron chi connectivity index (χ3n) is 0.213. The molecule has 14 heavy (non-hydrogen) atoms. The van der Waals surface area contributed by atoms with Crippen molar-refractivity contribution in [3.05, 3.63) is 0 Å². The van der Waals surface area contributed by atoms with Crippen molar-refractivity contribution in [3.8, 4) is 0 Å². The van der Waals surface area contributed by atoms with Crippen molar-refractivity contribution in [2.45, 2.75) is 0 Å². The summed E-state index contributed by atoms with van der Waals surface area (Å²) in [6, 6.07) is 0. The first-order chi connectivity index (χ1) is 5.71. The van der Waals surface area contributed by atoms with Gasteiger partial charge in [0.2, 0.25) is 0 Å². The number of hydrogen-bond donors (Lipinski definition) is 4. The second-order valence-electron chi connectivity index (χ2n) is 1.46. The summed E-state index contributed by atoms with van der Waals surface area (Å²) in [5.41, 5.74) is 0. The molecule has 0 amide bonds. The zero-order valence-electron chi connectivity index (χ0n) is 5.90. The van der Waals surface area contributed by atoms with E-state index in [2.05, 4.69) is 38.0 Å². The zero-order valence-corrected chi connectivity index (χ0v) is 10.8. The second-order valence-corrected chi connectivity index (χ2v) is 10.7. The molecule has 0 atom stereocenters. The first-order valence-corrected chi connectivity index (χ1v) is 9.70. The Hall–Kier alpha value is 1.36. The molecule has 0 aliphatic rings. The van der Waals surface area contributed by atoms with E-state index in [-0.39, 0.29) is 0 Å². The fraction of sp³-hybridized carbons (Fsp3) is 0. The van der Waals surface area contributed by atoms with E-state index < -0.39 is 20.8 Å². The first kappa shape index (κ1) is 17.7. The largest absolute Gasteiger partial charge is 0.478 e. The van der Waals surface area contributed by atoms with Gasteiger partial charge in [-0.15, -0.1) is 0 Å². The lowest BCUT2D eigenvalue weighted by atomic mass is 15.7. The lowest BCUT2D eigenvalue weighted by Gasteiger charge is -2.03. The van der Waals surface area contributed by atoms with E-state index in [9.17, 15) is 13.7 Å². The van der Waals surface area contributed by atoms with E-state index in [4.69, 9.17) is 19.6 Å². The van der Waals surface area contributed by atoms with Crippen molar-refractivity contribution in [2.75, 3.05) is 0 Å². The Morgan fingerprint density at radius 2 is 0.929 bits per heavy atom. The predicted octanol–water partition coefficient (Wildman–Crippen LogP) is 2.00. The average Bonchev–Trinajstić information content (AvgIpc) is 1.42. The Morgan fingerprint density at radius 1 is 0.786 bits per heavy atom. The van der Waals surface area contributed by atoms with Crippen LogP contribution in [0.15, 0.2) is 0 Å². The molecule has 0 bridgehead atoms. The average molecular weight is 331 g/mol. The topological polar surface area (TPSA) is 141 Å². The van der Waals surface area contributed by atoms with Crippen LogP contribution < -0.4 is 0 Å². The molecule has 0 fully saturated rings. The summed E-state index contributed by atoms with van der Waals surface area (Å²) >= 11 is 13.8. The highest BCUT2D eigenvalue weighted by Gasteiger charge is 2.27. The highest BCUT2D eigenvalue weighted by atomic mass is 36.0. The summed E-state index contributed by atoms with van der Waals surface area (Å²) in [5, 5.41) is -3.22. The number of rotatable bonds is 2. The maximum Gasteiger partial charge on any atom is 0.478 e. The fourth-order valence-electron chi connectivity index (χ4n) is 0.139. The highest BCUT2D eigenvalue weighted by Crippen LogP contribution is 2.61. The third-order valence-corrected chi connectivity index (χ3v) is 1.91. The van der Waals surface area contributed by atoms with Gasteiger partial charge in [0.25, 0.3) is 0 Å². The molecule has 0 saturated carbocycles. The van der Waals surface area contributed by atoms with Crippen LogP contribution >= 0.6 is 54.6 Å². The second kappa shape index (κ2) is 6.18. The summed E-state index contributed by atoms with van der Waals surface area (Å²) in [6.45, 7) is 0. The Bertz CT molecular complexity index is 263. The van der Waals surface area contributed by atoms with Crippen LogP contribution in [-0.2, 0) is 18.0 Å². The molecule has 8 nitrogen and oxygen atoms in total. The summed E-state index contributed by atoms with van der Waals surface area (Å²) in [7, 11) is -10.1. The van der Waals surface area contributed by atoms with Crippen LogP contribution in [0.2, 0.25) is 0 Å². The summed E-state index contributed by atoms with van der Waals surface area (Å²) < 4.78 is 31.7. The Kier molecular flexibility index (Phi) is 7.84. The predicted molar refractivity (Wildman–Crippen MR) is 50.3 cm³/mol. The molecule has 0 aromatic heterocycles. The van der Waals surface area contributed by atoms with Crippen LogP contribution in [0.25, 0.3) is 0 Å². The highest BCUT2D eigenvalue weighted by molar-refractivity contribution is 8.24. The molecule has 0 unspecified atom stereocenters. The molecular formula is H4Cl3O8P3. The molecule has 0 heterocycles. The zero-order chi connectivity index (χ0) is 12.2. The van der Waals surface area contributed by atoms with Crippen LogP contribution in [0.3, 0.4) is 0 Å². The Labute approximate surface area is 92.3 Å². The minimum absolute atomic E-state index is 2.96. The summed E-state index contributed by atoms with van der Waals surface area (Å²) in [5.74, 6) is 0. The molecule has 0 aliphatic heterocycles. The number of halogens is 3. The van der Waals surface area contributed by atoms with E-state index in [1.165, 1.54) is 0 Å². The van der Waals surface area contributed by atoms with Gasteiger partial charge in [-0.05, 0) is 33.7 Å². The van der Waals surface area contributed by atoms with E-state index in [1.807, 2.05) is 0 Å². The Balaban J connectivity index is 0. The van der Waals surface area contributed by atoms with E-state index in [0.717, 1.165) is 0 Å². The van der Waals surface area contributed by atoms with Gasteiger partial charge >= 0.3 is 20.8 Å². The van der Waals surface area contributed by atoms with Crippen LogP contribution in [0, 0.1) is 0 Å². The van der Waals surface area contributed by atoms with E-state index in [1.54, 1.807) is 0 Å². The van der Waals surface area contributed by atoms with Gasteiger partial charge in [0, 0.05) is 0 Å². The van der Waals surface area contributed by atoms with Gasteiger partial charge < -0.3 is 19.6 Å². The summed E-state index contributed by atoms with van der Waals surface area (Å²) in [4.78, 5) is 31.0. The van der Waals surface area contributed by atoms with Gasteiger partial charge in [0.15, 0.2) is 0 Å². The lowest BCUT2D eigenvalue weighted by Crippen LogP contribution is -1.84. The van der Waals surface area contributed by atoms with Crippen LogP contribution in [0.5, 0.6) is 0 Å². The van der Waals surface area contributed by atoms with Crippen molar-refractivity contribution in [1.82, 2.24) is 0 Å². The number of phosphoric acid groups is 2. The quantitative estimate of drug-likeness (QED) is 0.563. The molecule has 14 heteroatoms. The molecule has 0 radical (unpaired) electrons. The SMILES string of the molecule is O=P(Cl)(Cl)Cl.O=P(O)(O)OP(=O)(O)O. The molecule has 0 spiro atoms. The molecule has 88 valence electrons. The fourth-order valence-corrected chi connectivity index (χ4v) is 1.25. The smallest absolute Gasteiger partial charge is 0.302 e. The molecule has 0 aromatic rings. The molecular weight excluding hydrogens is 327 g/mol. The lowest BCUT2D eigenvalue weighted by molar-refractivity contribution is 0.225. The minimum Gasteiger partial charge on any atom is -0.302 e. The van der Waals surface area contributed by atoms with Gasteiger partial charge in [-0.25, -0.2) is 9.13 Å². The van der Waals surface area contributed by atoms with Crippen molar-refractivity contribution < 1.29 is 37.6 Å². The molecule has 4 N–H and O–H groups in total. The number of hydrogen-bond acceptors (Lipinski definition) is 4. The van der Waals surface area contributed by atoms with Crippen LogP contribution in [0.4, 0.5) is 0 Å². The first-order valence-electron chi connectivity index (χ1n) is 2.22. The molecule has 0 aromatic carbocycles. The van der Waals surface area contributed by atoms with Crippen molar-refractivity contribution in [3.63, 3.8) is 0 Å². The van der Waals surface area contributed by atoms with E-state index >= 15 is 0 Å². The minimum atomic E-state index is -5.05. The maximum absolute atomic E-state index is 9.63. The standard InChI is InChI=1S/Cl3OP.H4O7P2/c1-5(2,3)4;1-8(2,3)7-9(4,5)6/h;(H2,1,2,3)(H2,4,5,6). The van der Waals surface area contributed by atoms with Gasteiger partial charge in [-0.2, -0.15) is 4.31 Å². The monoisotopic (exact) mass is 330 g/mol. The van der Waals surface area contributed by atoms with Gasteiger partial charge in [0.1, 0.15) is 0 Å². The summed E-state index contributed by atoms with van der Waals surface area (Å²) in [6.07, 6.45) is 0. The van der Waals surface area contributed by atoms with E-state index in [0.29, 0.717) is 0 Å². The Morgan fingerprint density at radius 3 is 0.929 bits per heavy atom. The van der Waals surface area contributed by atoms with Crippen LogP contribution in [-0.4, -0.2) is 19.6 Å². The van der Waals surface area contributed by atoms with Crippen LogP contribution in [0.1, 0.15) is 0 Å². The van der Waals surface area contributed by atoms with Gasteiger partial charge in [-0.1, -0.05) is 0 Å². The van der Waals surface area contributed by atoms with Gasteiger partial charge in [-0.3, -0.25) is 4.57 Å². The van der Waals surface area contributed by atoms with Crippen molar-refractivity contribution >= 4 is 54.6 Å². The molecule has 0 rings (SSSR count). The van der Waals surface area contributed by atoms with Gasteiger partial charge in [0.05, 0.1) is 0 Å². The third kappa shape index (κ3) is 37.7. The van der Waals surface area contributed by atoms with Crippen molar-refractivity contribution in [1.29, 1.82) is 0 Å². The molecule has 0 aliphatic carbocycles.